The predicted molar refractivity (Wildman–Crippen MR) is 271 cm³/mol. The Balaban J connectivity index is 1.68. The standard InChI is InChI=1S/C46H63N13O13S2/c47-35(61)15-14-29-40(67)57-32(22-36(48)62)43(70)58-33(45(72)59-18-5-9-34(59)44(71)55-28(8-4-17-51-46(49)50)39(66)52-23-38(64)65)24-74-73-19-16-37(63)53-30(21-26-10-12-27(60)13-11-26)41(68)56-31(42(69)54-29)20-25-6-2-1-3-7-25/h1-3,6-7,10-13,28-34,60H,4-5,8-9,14-24H2,(H2,47,61)(H2,48,62)(H,52,66)(H,53,63)(H,54,69)(H,55,71)(H,56,68)(H,57,67)(H,58,70)(H,64,65)(H4,49,50,51)/t28-,29+,30+,31+,32+,33+,34+/m1/s1. The molecule has 0 aromatic heterocycles. The molecule has 28 heteroatoms. The van der Waals surface area contributed by atoms with E-state index in [1.165, 1.54) is 17.0 Å². The minimum absolute atomic E-state index is 0.00842. The van der Waals surface area contributed by atoms with Crippen LogP contribution in [0.25, 0.3) is 0 Å². The second-order valence-electron chi connectivity index (χ2n) is 17.3. The van der Waals surface area contributed by atoms with Crippen molar-refractivity contribution in [3.05, 3.63) is 65.7 Å². The van der Waals surface area contributed by atoms with Gasteiger partial charge in [-0.2, -0.15) is 0 Å². The number of aromatic hydroxyl groups is 1. The molecule has 2 saturated heterocycles. The number of carboxylic acid groups (broad SMARTS) is 1. The summed E-state index contributed by atoms with van der Waals surface area (Å²) < 4.78 is 0. The molecule has 402 valence electrons. The molecule has 2 aliphatic heterocycles. The highest BCUT2D eigenvalue weighted by molar-refractivity contribution is 8.76. The molecule has 7 atom stereocenters. The van der Waals surface area contributed by atoms with Gasteiger partial charge in [0, 0.05) is 50.3 Å². The number of guanidine groups is 1. The van der Waals surface area contributed by atoms with Crippen LogP contribution in [0.3, 0.4) is 0 Å². The van der Waals surface area contributed by atoms with E-state index in [1.54, 1.807) is 42.5 Å². The number of aliphatic imine (C=N–C) groups is 1. The van der Waals surface area contributed by atoms with Gasteiger partial charge in [0.15, 0.2) is 5.96 Å². The first kappa shape index (κ1) is 58.9. The normalized spacial score (nSPS) is 21.7. The maximum absolute atomic E-state index is 14.5. The van der Waals surface area contributed by atoms with Gasteiger partial charge in [-0.25, -0.2) is 0 Å². The summed E-state index contributed by atoms with van der Waals surface area (Å²) in [5.74, 6) is -10.5. The molecule has 0 aliphatic carbocycles. The van der Waals surface area contributed by atoms with Crippen molar-refractivity contribution in [2.75, 3.05) is 31.1 Å². The van der Waals surface area contributed by atoms with Crippen molar-refractivity contribution in [1.29, 1.82) is 0 Å². The number of rotatable bonds is 19. The fourth-order valence-corrected chi connectivity index (χ4v) is 9.92. The third-order valence-corrected chi connectivity index (χ3v) is 13.9. The van der Waals surface area contributed by atoms with E-state index >= 15 is 0 Å². The molecule has 26 nitrogen and oxygen atoms in total. The summed E-state index contributed by atoms with van der Waals surface area (Å²) in [5, 5.41) is 36.7. The van der Waals surface area contributed by atoms with Crippen molar-refractivity contribution in [3.63, 3.8) is 0 Å². The largest absolute Gasteiger partial charge is 0.508 e. The van der Waals surface area contributed by atoms with Gasteiger partial charge in [-0.3, -0.25) is 57.7 Å². The molecule has 4 rings (SSSR count). The van der Waals surface area contributed by atoms with E-state index in [0.29, 0.717) is 17.5 Å². The van der Waals surface area contributed by atoms with Crippen LogP contribution in [-0.2, 0) is 65.6 Å². The van der Waals surface area contributed by atoms with Gasteiger partial charge in [0.25, 0.3) is 0 Å². The van der Waals surface area contributed by atoms with E-state index in [0.717, 1.165) is 21.6 Å². The van der Waals surface area contributed by atoms with Crippen molar-refractivity contribution >= 4 is 92.6 Å². The summed E-state index contributed by atoms with van der Waals surface area (Å²) in [7, 11) is 2.17. The van der Waals surface area contributed by atoms with Crippen LogP contribution in [0.1, 0.15) is 62.5 Å². The smallest absolute Gasteiger partial charge is 0.322 e. The summed E-state index contributed by atoms with van der Waals surface area (Å²) in [6.45, 7) is -0.665. The number of phenols is 1. The quantitative estimate of drug-likeness (QED) is 0.0278. The number of amides is 10. The van der Waals surface area contributed by atoms with Crippen molar-refractivity contribution in [2.45, 2.75) is 107 Å². The molecule has 2 aliphatic rings. The molecular weight excluding hydrogens is 1010 g/mol. The summed E-state index contributed by atoms with van der Waals surface area (Å²) in [6, 6.07) is 4.37. The van der Waals surface area contributed by atoms with Crippen molar-refractivity contribution in [1.82, 2.24) is 42.1 Å². The van der Waals surface area contributed by atoms with Gasteiger partial charge in [0.2, 0.25) is 59.1 Å². The number of nitrogens with two attached hydrogens (primary N) is 4. The molecule has 17 N–H and O–H groups in total. The molecule has 0 unspecified atom stereocenters. The van der Waals surface area contributed by atoms with E-state index in [1.807, 2.05) is 0 Å². The Morgan fingerprint density at radius 3 is 2.00 bits per heavy atom. The SMILES string of the molecule is NC(=O)CC[C@@H]1NC(=O)[C@H](Cc2ccccc2)NC(=O)[C@H](Cc2ccc(O)cc2)NC(=O)CCSSC[C@@H](C(=O)N2CCC[C@H]2C(=O)N[C@H](CCCN=C(N)N)C(=O)NCC(=O)O)NC(=O)[C@H](CC(N)=O)NC1=O. The lowest BCUT2D eigenvalue weighted by molar-refractivity contribution is -0.142. The molecule has 0 saturated carbocycles. The Kier molecular flexibility index (Phi) is 23.7. The Morgan fingerprint density at radius 1 is 0.757 bits per heavy atom. The van der Waals surface area contributed by atoms with Crippen molar-refractivity contribution < 1.29 is 63.0 Å². The van der Waals surface area contributed by atoms with E-state index in [-0.39, 0.29) is 74.8 Å². The molecule has 74 heavy (non-hydrogen) atoms. The van der Waals surface area contributed by atoms with Crippen molar-refractivity contribution in [3.8, 4) is 5.75 Å². The molecule has 10 amide bonds. The number of nitrogens with zero attached hydrogens (tertiary/aromatic N) is 2. The zero-order chi connectivity index (χ0) is 54.3. The van der Waals surface area contributed by atoms with E-state index in [2.05, 4.69) is 42.2 Å². The van der Waals surface area contributed by atoms with E-state index < -0.39 is 133 Å². The summed E-state index contributed by atoms with van der Waals surface area (Å²) in [4.78, 5) is 152. The molecule has 2 aromatic carbocycles. The highest BCUT2D eigenvalue weighted by atomic mass is 33.1. The maximum atomic E-state index is 14.5. The third-order valence-electron chi connectivity index (χ3n) is 11.5. The number of nitrogens with one attached hydrogen (secondary N) is 7. The fourth-order valence-electron chi connectivity index (χ4n) is 7.77. The van der Waals surface area contributed by atoms with Crippen LogP contribution in [0.5, 0.6) is 5.75 Å². The van der Waals surface area contributed by atoms with Gasteiger partial charge in [-0.1, -0.05) is 64.1 Å². The number of hydrogen-bond acceptors (Lipinski definition) is 15. The number of phenolic OH excluding ortho intramolecular Hbond substituents is 1. The predicted octanol–water partition coefficient (Wildman–Crippen LogP) is -3.74. The second-order valence-corrected chi connectivity index (χ2v) is 19.9. The number of carbonyl (C=O) groups excluding carboxylic acids is 10. The van der Waals surface area contributed by atoms with Crippen LogP contribution in [0.4, 0.5) is 0 Å². The summed E-state index contributed by atoms with van der Waals surface area (Å²) >= 11 is 0. The average molecular weight is 1070 g/mol. The van der Waals surface area contributed by atoms with Gasteiger partial charge in [-0.15, -0.1) is 0 Å². The average Bonchev–Trinajstić information content (AvgIpc) is 3.85. The van der Waals surface area contributed by atoms with Gasteiger partial charge in [0.1, 0.15) is 54.6 Å². The number of carboxylic acids is 1. The van der Waals surface area contributed by atoms with Crippen LogP contribution < -0.4 is 60.2 Å². The molecule has 2 fully saturated rings. The lowest BCUT2D eigenvalue weighted by atomic mass is 10.0. The fraction of sp³-hybridized carbons (Fsp3) is 0.478. The van der Waals surface area contributed by atoms with Crippen LogP contribution >= 0.6 is 21.6 Å². The minimum Gasteiger partial charge on any atom is -0.508 e. The molecule has 0 radical (unpaired) electrons. The van der Waals surface area contributed by atoms with Crippen LogP contribution in [0.2, 0.25) is 0 Å². The second kappa shape index (κ2) is 29.8. The topological polar surface area (TPSA) is 432 Å². The zero-order valence-electron chi connectivity index (χ0n) is 40.2. The third kappa shape index (κ3) is 20.1. The Morgan fingerprint density at radius 2 is 1.36 bits per heavy atom. The number of hydrogen-bond donors (Lipinski definition) is 13. The number of primary amides is 2. The van der Waals surface area contributed by atoms with Gasteiger partial charge in [0.05, 0.1) is 6.42 Å². The van der Waals surface area contributed by atoms with Gasteiger partial charge >= 0.3 is 5.97 Å². The summed E-state index contributed by atoms with van der Waals surface area (Å²) in [5.41, 5.74) is 22.9. The molecular formula is C46H63N13O13S2. The first-order chi connectivity index (χ1) is 35.2. The first-order valence-corrected chi connectivity index (χ1v) is 26.0. The Labute approximate surface area is 433 Å². The number of carbonyl (C=O) groups is 11. The molecule has 0 bridgehead atoms. The minimum atomic E-state index is -1.78. The zero-order valence-corrected chi connectivity index (χ0v) is 41.9. The van der Waals surface area contributed by atoms with E-state index in [9.17, 15) is 57.8 Å². The van der Waals surface area contributed by atoms with Gasteiger partial charge in [-0.05, 0) is 55.4 Å². The van der Waals surface area contributed by atoms with E-state index in [4.69, 9.17) is 28.0 Å². The number of benzene rings is 2. The Hall–Kier alpha value is -7.62. The molecule has 2 heterocycles. The lowest BCUT2D eigenvalue weighted by Gasteiger charge is -2.31. The number of likely N-dealkylation sites (tertiary alicyclic amines) is 1. The number of aliphatic carboxylic acids is 1. The van der Waals surface area contributed by atoms with Gasteiger partial charge < -0.3 is 75.3 Å². The first-order valence-electron chi connectivity index (χ1n) is 23.5. The lowest BCUT2D eigenvalue weighted by Crippen LogP contribution is -2.61. The summed E-state index contributed by atoms with van der Waals surface area (Å²) in [6.07, 6.45) is -1.48. The van der Waals surface area contributed by atoms with Crippen molar-refractivity contribution in [2.24, 2.45) is 27.9 Å². The Bertz CT molecular complexity index is 2380. The highest BCUT2D eigenvalue weighted by Crippen LogP contribution is 2.26. The van der Waals surface area contributed by atoms with Crippen LogP contribution in [0, 0.1) is 0 Å². The molecule has 0 spiro atoms. The highest BCUT2D eigenvalue weighted by Gasteiger charge is 2.40. The molecule has 2 aromatic rings. The van der Waals surface area contributed by atoms with Crippen LogP contribution in [-0.4, -0.2) is 160 Å². The maximum Gasteiger partial charge on any atom is 0.322 e. The van der Waals surface area contributed by atoms with Crippen LogP contribution in [0.15, 0.2) is 59.6 Å². The monoisotopic (exact) mass is 1070 g/mol.